The average molecular weight is 366 g/mol. The molecule has 0 heterocycles. The average Bonchev–Trinajstić information content (AvgIpc) is 2.48. The first-order valence-corrected chi connectivity index (χ1v) is 7.66. The number of anilines is 1. The second-order valence-electron chi connectivity index (χ2n) is 4.36. The summed E-state index contributed by atoms with van der Waals surface area (Å²) in [4.78, 5) is 0. The van der Waals surface area contributed by atoms with Crippen LogP contribution in [0.1, 0.15) is 18.1 Å². The molecule has 5 heteroatoms. The van der Waals surface area contributed by atoms with E-state index in [1.54, 1.807) is 18.2 Å². The van der Waals surface area contributed by atoms with Crippen LogP contribution in [0.4, 0.5) is 5.69 Å². The number of hydrogen-bond acceptors (Lipinski definition) is 3. The topological polar surface area (TPSA) is 45.0 Å². The van der Waals surface area contributed by atoms with E-state index in [0.29, 0.717) is 23.7 Å². The second kappa shape index (κ2) is 7.35. The Bertz CT molecular complexity index is 665. The van der Waals surface area contributed by atoms with E-state index in [0.717, 1.165) is 21.5 Å². The summed E-state index contributed by atoms with van der Waals surface area (Å²) >= 11 is 9.54. The van der Waals surface area contributed by atoms with Crippen LogP contribution >= 0.6 is 27.5 Å². The molecule has 0 radical (unpaired) electrons. The van der Waals surface area contributed by atoms with E-state index in [1.807, 2.05) is 25.1 Å². The van der Waals surface area contributed by atoms with Gasteiger partial charge in [0.15, 0.2) is 5.75 Å². The van der Waals surface area contributed by atoms with Crippen LogP contribution in [-0.2, 0) is 6.54 Å². The molecule has 0 bridgehead atoms. The van der Waals surface area contributed by atoms with Crippen molar-refractivity contribution in [3.05, 3.63) is 57.0 Å². The summed E-state index contributed by atoms with van der Waals surface area (Å²) in [6.07, 6.45) is 0. The molecule has 0 aliphatic carbocycles. The van der Waals surface area contributed by atoms with Gasteiger partial charge >= 0.3 is 0 Å². The zero-order valence-corrected chi connectivity index (χ0v) is 13.8. The third-order valence-corrected chi connectivity index (χ3v) is 3.67. The van der Waals surface area contributed by atoms with Gasteiger partial charge in [0.05, 0.1) is 28.4 Å². The predicted octanol–water partition coefficient (Wildman–Crippen LogP) is 4.98. The van der Waals surface area contributed by atoms with E-state index < -0.39 is 0 Å². The number of benzene rings is 2. The lowest BCUT2D eigenvalue weighted by Crippen LogP contribution is -2.03. The van der Waals surface area contributed by atoms with Crippen LogP contribution in [0.25, 0.3) is 0 Å². The van der Waals surface area contributed by atoms with Gasteiger partial charge in [0.25, 0.3) is 0 Å². The number of ether oxygens (including phenoxy) is 1. The standard InChI is InChI=1S/C16H14BrClN2O/c1-2-21-16-14(17)7-13(18)8-15(16)20-10-12-5-3-11(9-19)4-6-12/h3-8,20H,2,10H2,1H3. The van der Waals surface area contributed by atoms with Gasteiger partial charge in [0.2, 0.25) is 0 Å². The molecule has 2 rings (SSSR count). The molecule has 0 aliphatic heterocycles. The van der Waals surface area contributed by atoms with Crippen molar-refractivity contribution in [3.63, 3.8) is 0 Å². The molecule has 3 nitrogen and oxygen atoms in total. The van der Waals surface area contributed by atoms with Gasteiger partial charge in [-0.3, -0.25) is 0 Å². The zero-order chi connectivity index (χ0) is 15.2. The molecule has 0 aromatic heterocycles. The lowest BCUT2D eigenvalue weighted by Gasteiger charge is -2.14. The minimum absolute atomic E-state index is 0.575. The third kappa shape index (κ3) is 4.13. The smallest absolute Gasteiger partial charge is 0.156 e. The number of hydrogen-bond donors (Lipinski definition) is 1. The number of nitrogens with one attached hydrogen (secondary N) is 1. The van der Waals surface area contributed by atoms with Crippen molar-refractivity contribution >= 4 is 33.2 Å². The highest BCUT2D eigenvalue weighted by atomic mass is 79.9. The molecule has 2 aromatic carbocycles. The van der Waals surface area contributed by atoms with Gasteiger partial charge in [-0.15, -0.1) is 0 Å². The second-order valence-corrected chi connectivity index (χ2v) is 5.65. The maximum Gasteiger partial charge on any atom is 0.156 e. The predicted molar refractivity (Wildman–Crippen MR) is 88.8 cm³/mol. The molecule has 0 fully saturated rings. The fraction of sp³-hybridized carbons (Fsp3) is 0.188. The highest BCUT2D eigenvalue weighted by Crippen LogP contribution is 2.36. The van der Waals surface area contributed by atoms with E-state index in [2.05, 4.69) is 27.3 Å². The van der Waals surface area contributed by atoms with Crippen LogP contribution in [-0.4, -0.2) is 6.61 Å². The van der Waals surface area contributed by atoms with Crippen molar-refractivity contribution in [1.29, 1.82) is 5.26 Å². The van der Waals surface area contributed by atoms with E-state index in [-0.39, 0.29) is 0 Å². The largest absolute Gasteiger partial charge is 0.491 e. The first kappa shape index (κ1) is 15.7. The van der Waals surface area contributed by atoms with Crippen molar-refractivity contribution in [3.8, 4) is 11.8 Å². The normalized spacial score (nSPS) is 10.0. The van der Waals surface area contributed by atoms with Crippen LogP contribution < -0.4 is 10.1 Å². The Kier molecular flexibility index (Phi) is 5.49. The van der Waals surface area contributed by atoms with E-state index >= 15 is 0 Å². The van der Waals surface area contributed by atoms with Crippen LogP contribution in [0.2, 0.25) is 5.02 Å². The van der Waals surface area contributed by atoms with Gasteiger partial charge in [-0.25, -0.2) is 0 Å². The Hall–Kier alpha value is -1.70. The fourth-order valence-corrected chi connectivity index (χ4v) is 2.80. The van der Waals surface area contributed by atoms with Crippen LogP contribution in [0.3, 0.4) is 0 Å². The molecular weight excluding hydrogens is 352 g/mol. The van der Waals surface area contributed by atoms with Gasteiger partial charge < -0.3 is 10.1 Å². The molecule has 0 atom stereocenters. The van der Waals surface area contributed by atoms with E-state index in [4.69, 9.17) is 21.6 Å². The van der Waals surface area contributed by atoms with Gasteiger partial charge in [0, 0.05) is 11.6 Å². The summed E-state index contributed by atoms with van der Waals surface area (Å²) in [5.41, 5.74) is 2.56. The maximum atomic E-state index is 8.79. The molecule has 0 aliphatic rings. The van der Waals surface area contributed by atoms with Crippen molar-refractivity contribution in [1.82, 2.24) is 0 Å². The molecule has 0 saturated heterocycles. The maximum absolute atomic E-state index is 8.79. The number of rotatable bonds is 5. The number of halogens is 2. The zero-order valence-electron chi connectivity index (χ0n) is 11.5. The van der Waals surface area contributed by atoms with Crippen LogP contribution in [0.15, 0.2) is 40.9 Å². The minimum Gasteiger partial charge on any atom is -0.491 e. The van der Waals surface area contributed by atoms with Crippen LogP contribution in [0.5, 0.6) is 5.75 Å². The molecule has 2 aromatic rings. The summed E-state index contributed by atoms with van der Waals surface area (Å²) in [6.45, 7) is 3.13. The summed E-state index contributed by atoms with van der Waals surface area (Å²) in [7, 11) is 0. The fourth-order valence-electron chi connectivity index (χ4n) is 1.88. The molecule has 0 unspecified atom stereocenters. The van der Waals surface area contributed by atoms with Gasteiger partial charge in [-0.1, -0.05) is 23.7 Å². The summed E-state index contributed by atoms with van der Waals surface area (Å²) in [5.74, 6) is 0.746. The minimum atomic E-state index is 0.575. The first-order valence-electron chi connectivity index (χ1n) is 6.48. The Morgan fingerprint density at radius 2 is 2.00 bits per heavy atom. The Balaban J connectivity index is 2.16. The summed E-state index contributed by atoms with van der Waals surface area (Å²) in [5, 5.41) is 12.7. The molecule has 0 amide bonds. The molecule has 21 heavy (non-hydrogen) atoms. The first-order chi connectivity index (χ1) is 10.1. The van der Waals surface area contributed by atoms with Gasteiger partial charge in [-0.2, -0.15) is 5.26 Å². The summed E-state index contributed by atoms with van der Waals surface area (Å²) in [6, 6.07) is 13.2. The Morgan fingerprint density at radius 1 is 1.29 bits per heavy atom. The van der Waals surface area contributed by atoms with Gasteiger partial charge in [0.1, 0.15) is 0 Å². The van der Waals surface area contributed by atoms with Gasteiger partial charge in [-0.05, 0) is 52.7 Å². The SMILES string of the molecule is CCOc1c(Br)cc(Cl)cc1NCc1ccc(C#N)cc1. The highest BCUT2D eigenvalue weighted by molar-refractivity contribution is 9.10. The highest BCUT2D eigenvalue weighted by Gasteiger charge is 2.10. The van der Waals surface area contributed by atoms with Crippen molar-refractivity contribution in [2.45, 2.75) is 13.5 Å². The summed E-state index contributed by atoms with van der Waals surface area (Å²) < 4.78 is 6.46. The van der Waals surface area contributed by atoms with Crippen LogP contribution in [0, 0.1) is 11.3 Å². The molecular formula is C16H14BrClN2O. The molecule has 1 N–H and O–H groups in total. The van der Waals surface area contributed by atoms with Crippen molar-refractivity contribution in [2.75, 3.05) is 11.9 Å². The monoisotopic (exact) mass is 364 g/mol. The Labute approximate surface area is 137 Å². The Morgan fingerprint density at radius 3 is 2.62 bits per heavy atom. The number of nitriles is 1. The molecule has 108 valence electrons. The lowest BCUT2D eigenvalue weighted by molar-refractivity contribution is 0.339. The number of nitrogens with zero attached hydrogens (tertiary/aromatic N) is 1. The van der Waals surface area contributed by atoms with Crippen molar-refractivity contribution < 1.29 is 4.74 Å². The molecule has 0 spiro atoms. The quantitative estimate of drug-likeness (QED) is 0.812. The van der Waals surface area contributed by atoms with E-state index in [9.17, 15) is 0 Å². The van der Waals surface area contributed by atoms with Crippen molar-refractivity contribution in [2.24, 2.45) is 0 Å². The van der Waals surface area contributed by atoms with E-state index in [1.165, 1.54) is 0 Å². The third-order valence-electron chi connectivity index (χ3n) is 2.86. The molecule has 0 saturated carbocycles. The lowest BCUT2D eigenvalue weighted by atomic mass is 10.1.